The van der Waals surface area contributed by atoms with Crippen molar-refractivity contribution in [2.75, 3.05) is 6.54 Å². The predicted octanol–water partition coefficient (Wildman–Crippen LogP) is 2.39. The SMILES string of the molecule is CCn1nc(C)cc1COC1(CN)CCCCC1. The van der Waals surface area contributed by atoms with Crippen LogP contribution in [-0.4, -0.2) is 21.9 Å². The van der Waals surface area contributed by atoms with Crippen LogP contribution in [0.4, 0.5) is 0 Å². The lowest BCUT2D eigenvalue weighted by molar-refractivity contribution is -0.0754. The fourth-order valence-corrected chi connectivity index (χ4v) is 2.82. The first-order chi connectivity index (χ1) is 8.69. The van der Waals surface area contributed by atoms with Gasteiger partial charge in [-0.2, -0.15) is 5.10 Å². The predicted molar refractivity (Wildman–Crippen MR) is 72.3 cm³/mol. The molecule has 102 valence electrons. The van der Waals surface area contributed by atoms with Gasteiger partial charge in [-0.1, -0.05) is 19.3 Å². The second-order valence-electron chi connectivity index (χ2n) is 5.33. The monoisotopic (exact) mass is 251 g/mol. The number of nitrogens with two attached hydrogens (primary N) is 1. The van der Waals surface area contributed by atoms with Gasteiger partial charge >= 0.3 is 0 Å². The van der Waals surface area contributed by atoms with E-state index in [1.807, 2.05) is 11.6 Å². The third-order valence-electron chi connectivity index (χ3n) is 3.95. The lowest BCUT2D eigenvalue weighted by Crippen LogP contribution is -2.42. The van der Waals surface area contributed by atoms with Gasteiger partial charge < -0.3 is 10.5 Å². The molecule has 1 aliphatic carbocycles. The summed E-state index contributed by atoms with van der Waals surface area (Å²) in [5.74, 6) is 0. The van der Waals surface area contributed by atoms with Crippen molar-refractivity contribution >= 4 is 0 Å². The van der Waals surface area contributed by atoms with Crippen LogP contribution in [0.25, 0.3) is 0 Å². The van der Waals surface area contributed by atoms with Crippen LogP contribution in [0.2, 0.25) is 0 Å². The third kappa shape index (κ3) is 2.93. The highest BCUT2D eigenvalue weighted by molar-refractivity contribution is 5.08. The molecule has 1 aromatic heterocycles. The molecule has 2 rings (SSSR count). The summed E-state index contributed by atoms with van der Waals surface area (Å²) in [5.41, 5.74) is 8.06. The van der Waals surface area contributed by atoms with E-state index in [0.717, 1.165) is 30.8 Å². The minimum atomic E-state index is -0.0883. The van der Waals surface area contributed by atoms with E-state index in [2.05, 4.69) is 18.1 Å². The molecule has 0 saturated heterocycles. The van der Waals surface area contributed by atoms with Crippen LogP contribution in [-0.2, 0) is 17.9 Å². The van der Waals surface area contributed by atoms with E-state index in [9.17, 15) is 0 Å². The molecule has 0 bridgehead atoms. The second kappa shape index (κ2) is 5.85. The molecule has 1 aromatic rings. The highest BCUT2D eigenvalue weighted by Crippen LogP contribution is 2.31. The first-order valence-corrected chi connectivity index (χ1v) is 7.06. The van der Waals surface area contributed by atoms with Crippen LogP contribution in [0.1, 0.15) is 50.4 Å². The molecule has 4 nitrogen and oxygen atoms in total. The summed E-state index contributed by atoms with van der Waals surface area (Å²) in [6.45, 7) is 6.28. The molecule has 1 saturated carbocycles. The third-order valence-corrected chi connectivity index (χ3v) is 3.95. The van der Waals surface area contributed by atoms with Crippen LogP contribution < -0.4 is 5.73 Å². The highest BCUT2D eigenvalue weighted by atomic mass is 16.5. The van der Waals surface area contributed by atoms with Crippen molar-refractivity contribution in [3.63, 3.8) is 0 Å². The maximum Gasteiger partial charge on any atom is 0.0893 e. The van der Waals surface area contributed by atoms with Crippen molar-refractivity contribution in [2.45, 2.75) is 64.7 Å². The van der Waals surface area contributed by atoms with Gasteiger partial charge in [-0.05, 0) is 32.8 Å². The molecule has 0 radical (unpaired) electrons. The van der Waals surface area contributed by atoms with E-state index in [1.54, 1.807) is 0 Å². The zero-order valence-electron chi connectivity index (χ0n) is 11.6. The molecule has 18 heavy (non-hydrogen) atoms. The molecule has 2 N–H and O–H groups in total. The van der Waals surface area contributed by atoms with Crippen molar-refractivity contribution in [2.24, 2.45) is 5.73 Å². The highest BCUT2D eigenvalue weighted by Gasteiger charge is 2.31. The van der Waals surface area contributed by atoms with E-state index in [4.69, 9.17) is 10.5 Å². The first kappa shape index (κ1) is 13.6. The zero-order chi connectivity index (χ0) is 13.0. The van der Waals surface area contributed by atoms with Gasteiger partial charge in [0.1, 0.15) is 0 Å². The number of rotatable bonds is 5. The Bertz CT molecular complexity index is 380. The number of aryl methyl sites for hydroxylation is 2. The molecular formula is C14H25N3O. The van der Waals surface area contributed by atoms with Gasteiger partial charge in [0.15, 0.2) is 0 Å². The summed E-state index contributed by atoms with van der Waals surface area (Å²) in [6.07, 6.45) is 6.00. The van der Waals surface area contributed by atoms with Crippen LogP contribution >= 0.6 is 0 Å². The summed E-state index contributed by atoms with van der Waals surface area (Å²) < 4.78 is 8.19. The maximum atomic E-state index is 6.18. The lowest BCUT2D eigenvalue weighted by atomic mass is 9.85. The van der Waals surface area contributed by atoms with Crippen molar-refractivity contribution in [1.82, 2.24) is 9.78 Å². The topological polar surface area (TPSA) is 53.1 Å². The number of hydrogen-bond donors (Lipinski definition) is 1. The molecule has 0 unspecified atom stereocenters. The van der Waals surface area contributed by atoms with Crippen LogP contribution in [0.15, 0.2) is 6.07 Å². The van der Waals surface area contributed by atoms with Gasteiger partial charge in [-0.15, -0.1) is 0 Å². The zero-order valence-corrected chi connectivity index (χ0v) is 11.6. The smallest absolute Gasteiger partial charge is 0.0893 e. The van der Waals surface area contributed by atoms with Crippen LogP contribution in [0.3, 0.4) is 0 Å². The van der Waals surface area contributed by atoms with Gasteiger partial charge in [0, 0.05) is 13.1 Å². The lowest BCUT2D eigenvalue weighted by Gasteiger charge is -2.36. The van der Waals surface area contributed by atoms with Gasteiger partial charge in [-0.25, -0.2) is 0 Å². The Labute approximate surface area is 110 Å². The molecular weight excluding hydrogens is 226 g/mol. The Balaban J connectivity index is 2.00. The summed E-state index contributed by atoms with van der Waals surface area (Å²) >= 11 is 0. The van der Waals surface area contributed by atoms with Gasteiger partial charge in [0.25, 0.3) is 0 Å². The Morgan fingerprint density at radius 2 is 2.11 bits per heavy atom. The summed E-state index contributed by atoms with van der Waals surface area (Å²) in [4.78, 5) is 0. The number of nitrogens with zero attached hydrogens (tertiary/aromatic N) is 2. The molecule has 1 fully saturated rings. The van der Waals surface area contributed by atoms with E-state index in [0.29, 0.717) is 13.2 Å². The molecule has 0 amide bonds. The van der Waals surface area contributed by atoms with Crippen molar-refractivity contribution < 1.29 is 4.74 Å². The number of ether oxygens (including phenoxy) is 1. The quantitative estimate of drug-likeness (QED) is 0.874. The van der Waals surface area contributed by atoms with Crippen molar-refractivity contribution in [3.05, 3.63) is 17.5 Å². The van der Waals surface area contributed by atoms with Gasteiger partial charge in [-0.3, -0.25) is 4.68 Å². The molecule has 0 aliphatic heterocycles. The van der Waals surface area contributed by atoms with Gasteiger partial charge in [0.05, 0.1) is 23.6 Å². The van der Waals surface area contributed by atoms with E-state index < -0.39 is 0 Å². The van der Waals surface area contributed by atoms with E-state index in [-0.39, 0.29) is 5.60 Å². The standard InChI is InChI=1S/C14H25N3O/c1-3-17-13(9-12(2)16-17)10-18-14(11-15)7-5-4-6-8-14/h9H,3-8,10-11,15H2,1-2H3. The Hall–Kier alpha value is -0.870. The Morgan fingerprint density at radius 3 is 2.72 bits per heavy atom. The van der Waals surface area contributed by atoms with E-state index >= 15 is 0 Å². The Morgan fingerprint density at radius 1 is 1.39 bits per heavy atom. The summed E-state index contributed by atoms with van der Waals surface area (Å²) in [6, 6.07) is 2.11. The normalized spacial score (nSPS) is 19.1. The molecule has 1 heterocycles. The molecule has 4 heteroatoms. The second-order valence-corrected chi connectivity index (χ2v) is 5.33. The molecule has 0 aromatic carbocycles. The molecule has 0 spiro atoms. The first-order valence-electron chi connectivity index (χ1n) is 7.06. The number of hydrogen-bond acceptors (Lipinski definition) is 3. The number of aromatic nitrogens is 2. The minimum Gasteiger partial charge on any atom is -0.367 e. The minimum absolute atomic E-state index is 0.0883. The van der Waals surface area contributed by atoms with Crippen molar-refractivity contribution in [3.8, 4) is 0 Å². The largest absolute Gasteiger partial charge is 0.367 e. The maximum absolute atomic E-state index is 6.18. The van der Waals surface area contributed by atoms with Gasteiger partial charge in [0.2, 0.25) is 0 Å². The fraction of sp³-hybridized carbons (Fsp3) is 0.786. The van der Waals surface area contributed by atoms with E-state index in [1.165, 1.54) is 19.3 Å². The molecule has 0 atom stereocenters. The van der Waals surface area contributed by atoms with Crippen LogP contribution in [0.5, 0.6) is 0 Å². The summed E-state index contributed by atoms with van der Waals surface area (Å²) in [5, 5.41) is 4.45. The summed E-state index contributed by atoms with van der Waals surface area (Å²) in [7, 11) is 0. The average molecular weight is 251 g/mol. The van der Waals surface area contributed by atoms with Crippen LogP contribution in [0, 0.1) is 6.92 Å². The van der Waals surface area contributed by atoms with Crippen molar-refractivity contribution in [1.29, 1.82) is 0 Å². The fourth-order valence-electron chi connectivity index (χ4n) is 2.82. The average Bonchev–Trinajstić information content (AvgIpc) is 2.78. The molecule has 1 aliphatic rings. The Kier molecular flexibility index (Phi) is 4.40.